The number of carbonyl (C=O) groups is 1. The van der Waals surface area contributed by atoms with E-state index in [4.69, 9.17) is 0 Å². The molecule has 0 unspecified atom stereocenters. The number of anilines is 2. The number of benzene rings is 1. The van der Waals surface area contributed by atoms with Crippen LogP contribution in [-0.4, -0.2) is 10.9 Å². The number of thiazole rings is 1. The monoisotopic (exact) mass is 272 g/mol. The summed E-state index contributed by atoms with van der Waals surface area (Å²) in [6, 6.07) is 9.61. The molecule has 3 nitrogen and oxygen atoms in total. The summed E-state index contributed by atoms with van der Waals surface area (Å²) in [5.74, 6) is 0.0421. The van der Waals surface area contributed by atoms with E-state index in [2.05, 4.69) is 11.6 Å². The molecule has 0 aliphatic heterocycles. The van der Waals surface area contributed by atoms with E-state index in [1.807, 2.05) is 42.6 Å². The van der Waals surface area contributed by atoms with Gasteiger partial charge in [-0.15, -0.1) is 17.9 Å². The maximum absolute atomic E-state index is 12.4. The summed E-state index contributed by atoms with van der Waals surface area (Å²) in [5, 5.41) is 2.67. The number of aryl methyl sites for hydroxylation is 1. The van der Waals surface area contributed by atoms with Gasteiger partial charge in [0.25, 0.3) is 0 Å². The Morgan fingerprint density at radius 3 is 2.74 bits per heavy atom. The van der Waals surface area contributed by atoms with Crippen molar-refractivity contribution < 1.29 is 4.79 Å². The van der Waals surface area contributed by atoms with Crippen molar-refractivity contribution in [3.63, 3.8) is 0 Å². The van der Waals surface area contributed by atoms with Crippen LogP contribution in [0.1, 0.15) is 18.5 Å². The van der Waals surface area contributed by atoms with Gasteiger partial charge < -0.3 is 0 Å². The van der Waals surface area contributed by atoms with Crippen molar-refractivity contribution in [3.8, 4) is 0 Å². The van der Waals surface area contributed by atoms with Crippen LogP contribution in [-0.2, 0) is 4.79 Å². The fraction of sp³-hybridized carbons (Fsp3) is 0.200. The Kier molecular flexibility index (Phi) is 4.47. The van der Waals surface area contributed by atoms with Crippen LogP contribution < -0.4 is 4.90 Å². The molecule has 2 aromatic rings. The summed E-state index contributed by atoms with van der Waals surface area (Å²) in [4.78, 5) is 18.5. The summed E-state index contributed by atoms with van der Waals surface area (Å²) < 4.78 is 0. The van der Waals surface area contributed by atoms with Gasteiger partial charge in [0.15, 0.2) is 5.13 Å². The molecule has 0 radical (unpaired) electrons. The molecule has 0 aliphatic rings. The van der Waals surface area contributed by atoms with Crippen molar-refractivity contribution in [1.29, 1.82) is 0 Å². The average Bonchev–Trinajstić information content (AvgIpc) is 2.84. The molecule has 0 aliphatic carbocycles. The zero-order valence-electron chi connectivity index (χ0n) is 10.9. The quantitative estimate of drug-likeness (QED) is 0.768. The number of rotatable bonds is 5. The maximum Gasteiger partial charge on any atom is 0.233 e. The van der Waals surface area contributed by atoms with Crippen LogP contribution in [0.25, 0.3) is 0 Å². The Bertz CT molecular complexity index is 563. The van der Waals surface area contributed by atoms with Crippen molar-refractivity contribution >= 4 is 28.1 Å². The molecule has 0 bridgehead atoms. The minimum absolute atomic E-state index is 0.0421. The standard InChI is InChI=1S/C15H16N2OS/c1-3-4-10-14(18)17(13-8-6-5-7-9-13)15-16-12(2)11-19-15/h3,5-9,11H,1,4,10H2,2H3. The van der Waals surface area contributed by atoms with Gasteiger partial charge in [-0.1, -0.05) is 24.3 Å². The highest BCUT2D eigenvalue weighted by atomic mass is 32.1. The SMILES string of the molecule is C=CCCC(=O)N(c1ccccc1)c1nc(C)cs1. The third-order valence-corrected chi connectivity index (χ3v) is 3.57. The molecule has 1 heterocycles. The second-order valence-corrected chi connectivity index (χ2v) is 5.00. The van der Waals surface area contributed by atoms with Crippen molar-refractivity contribution in [3.05, 3.63) is 54.1 Å². The molecule has 98 valence electrons. The second kappa shape index (κ2) is 6.29. The van der Waals surface area contributed by atoms with E-state index in [1.54, 1.807) is 11.0 Å². The Morgan fingerprint density at radius 1 is 1.42 bits per heavy atom. The van der Waals surface area contributed by atoms with E-state index in [0.29, 0.717) is 12.8 Å². The number of para-hydroxylation sites is 1. The number of allylic oxidation sites excluding steroid dienone is 1. The van der Waals surface area contributed by atoms with Crippen molar-refractivity contribution in [2.24, 2.45) is 0 Å². The first-order valence-corrected chi connectivity index (χ1v) is 7.01. The lowest BCUT2D eigenvalue weighted by molar-refractivity contribution is -0.117. The van der Waals surface area contributed by atoms with Crippen LogP contribution in [0.2, 0.25) is 0 Å². The molecule has 4 heteroatoms. The van der Waals surface area contributed by atoms with E-state index in [0.717, 1.165) is 16.5 Å². The van der Waals surface area contributed by atoms with Crippen LogP contribution >= 0.6 is 11.3 Å². The molecule has 0 fully saturated rings. The molecule has 0 N–H and O–H groups in total. The zero-order valence-corrected chi connectivity index (χ0v) is 11.7. The molecule has 19 heavy (non-hydrogen) atoms. The molecule has 2 rings (SSSR count). The fourth-order valence-corrected chi connectivity index (χ4v) is 2.56. The Labute approximate surface area is 117 Å². The van der Waals surface area contributed by atoms with Crippen LogP contribution in [0, 0.1) is 6.92 Å². The van der Waals surface area contributed by atoms with Gasteiger partial charge in [-0.3, -0.25) is 9.69 Å². The first-order valence-electron chi connectivity index (χ1n) is 6.13. The number of aromatic nitrogens is 1. The summed E-state index contributed by atoms with van der Waals surface area (Å²) in [5.41, 5.74) is 1.78. The summed E-state index contributed by atoms with van der Waals surface area (Å²) in [6.07, 6.45) is 2.87. The van der Waals surface area contributed by atoms with Gasteiger partial charge in [-0.05, 0) is 25.5 Å². The number of hydrogen-bond donors (Lipinski definition) is 0. The molecule has 1 aromatic carbocycles. The van der Waals surface area contributed by atoms with E-state index in [-0.39, 0.29) is 5.91 Å². The molecular weight excluding hydrogens is 256 g/mol. The van der Waals surface area contributed by atoms with E-state index < -0.39 is 0 Å². The highest BCUT2D eigenvalue weighted by Gasteiger charge is 2.19. The van der Waals surface area contributed by atoms with Crippen molar-refractivity contribution in [2.45, 2.75) is 19.8 Å². The number of hydrogen-bond acceptors (Lipinski definition) is 3. The number of carbonyl (C=O) groups excluding carboxylic acids is 1. The van der Waals surface area contributed by atoms with Crippen LogP contribution in [0.4, 0.5) is 10.8 Å². The van der Waals surface area contributed by atoms with E-state index in [1.165, 1.54) is 11.3 Å². The minimum Gasteiger partial charge on any atom is -0.274 e. The molecule has 1 aromatic heterocycles. The van der Waals surface area contributed by atoms with Crippen LogP contribution in [0.3, 0.4) is 0 Å². The lowest BCUT2D eigenvalue weighted by Gasteiger charge is -2.19. The summed E-state index contributed by atoms with van der Waals surface area (Å²) in [6.45, 7) is 5.59. The first-order chi connectivity index (χ1) is 9.22. The molecular formula is C15H16N2OS. The minimum atomic E-state index is 0.0421. The average molecular weight is 272 g/mol. The number of nitrogens with zero attached hydrogens (tertiary/aromatic N) is 2. The van der Waals surface area contributed by atoms with Gasteiger partial charge in [0.2, 0.25) is 5.91 Å². The van der Waals surface area contributed by atoms with Gasteiger partial charge in [0.1, 0.15) is 0 Å². The molecule has 1 amide bonds. The Hall–Kier alpha value is -1.94. The lowest BCUT2D eigenvalue weighted by Crippen LogP contribution is -2.25. The molecule has 0 saturated heterocycles. The van der Waals surface area contributed by atoms with E-state index >= 15 is 0 Å². The molecule has 0 saturated carbocycles. The van der Waals surface area contributed by atoms with Crippen molar-refractivity contribution in [1.82, 2.24) is 4.98 Å². The summed E-state index contributed by atoms with van der Waals surface area (Å²) >= 11 is 1.48. The van der Waals surface area contributed by atoms with Gasteiger partial charge >= 0.3 is 0 Å². The predicted octanol–water partition coefficient (Wildman–Crippen LogP) is 4.08. The molecule has 0 spiro atoms. The third kappa shape index (κ3) is 3.29. The predicted molar refractivity (Wildman–Crippen MR) is 79.9 cm³/mol. The van der Waals surface area contributed by atoms with Crippen molar-refractivity contribution in [2.75, 3.05) is 4.90 Å². The first kappa shape index (κ1) is 13.5. The second-order valence-electron chi connectivity index (χ2n) is 4.16. The highest BCUT2D eigenvalue weighted by Crippen LogP contribution is 2.29. The normalized spacial score (nSPS) is 10.2. The summed E-state index contributed by atoms with van der Waals surface area (Å²) in [7, 11) is 0. The van der Waals surface area contributed by atoms with Crippen LogP contribution in [0.15, 0.2) is 48.4 Å². The Morgan fingerprint density at radius 2 is 2.16 bits per heavy atom. The van der Waals surface area contributed by atoms with Crippen LogP contribution in [0.5, 0.6) is 0 Å². The van der Waals surface area contributed by atoms with Gasteiger partial charge in [0.05, 0.1) is 11.4 Å². The smallest absolute Gasteiger partial charge is 0.233 e. The zero-order chi connectivity index (χ0) is 13.7. The largest absolute Gasteiger partial charge is 0.274 e. The maximum atomic E-state index is 12.4. The third-order valence-electron chi connectivity index (χ3n) is 2.62. The Balaban J connectivity index is 2.33. The highest BCUT2D eigenvalue weighted by molar-refractivity contribution is 7.14. The lowest BCUT2D eigenvalue weighted by atomic mass is 10.2. The number of amides is 1. The topological polar surface area (TPSA) is 33.2 Å². The van der Waals surface area contributed by atoms with Gasteiger partial charge in [0, 0.05) is 11.8 Å². The van der Waals surface area contributed by atoms with Gasteiger partial charge in [-0.25, -0.2) is 4.98 Å². The van der Waals surface area contributed by atoms with E-state index in [9.17, 15) is 4.79 Å². The fourth-order valence-electron chi connectivity index (χ4n) is 1.72. The van der Waals surface area contributed by atoms with Gasteiger partial charge in [-0.2, -0.15) is 0 Å². The molecule has 0 atom stereocenters.